The van der Waals surface area contributed by atoms with E-state index in [1.165, 1.54) is 11.8 Å². The van der Waals surface area contributed by atoms with Crippen LogP contribution in [0.3, 0.4) is 0 Å². The Labute approximate surface area is 170 Å². The molecule has 0 aliphatic heterocycles. The number of halogens is 1. The third-order valence-electron chi connectivity index (χ3n) is 4.09. The molecule has 2 aromatic carbocycles. The summed E-state index contributed by atoms with van der Waals surface area (Å²) in [7, 11) is 1.61. The zero-order valence-electron chi connectivity index (χ0n) is 15.2. The second-order valence-corrected chi connectivity index (χ2v) is 7.27. The number of nitrogens with zero attached hydrogens (tertiary/aromatic N) is 5. The van der Waals surface area contributed by atoms with Gasteiger partial charge in [0.15, 0.2) is 5.16 Å². The summed E-state index contributed by atoms with van der Waals surface area (Å²) < 4.78 is 12.6. The molecule has 0 atom stereocenters. The van der Waals surface area contributed by atoms with Gasteiger partial charge in [-0.15, -0.1) is 10.2 Å². The molecule has 0 radical (unpaired) electrons. The van der Waals surface area contributed by atoms with Crippen molar-refractivity contribution in [3.63, 3.8) is 0 Å². The fourth-order valence-corrected chi connectivity index (χ4v) is 3.55. The number of thioether (sulfide) groups is 1. The number of aromatic nitrogens is 5. The van der Waals surface area contributed by atoms with E-state index < -0.39 is 0 Å². The second kappa shape index (κ2) is 8.04. The Morgan fingerprint density at radius 1 is 1.21 bits per heavy atom. The van der Waals surface area contributed by atoms with Crippen LogP contribution in [0, 0.1) is 6.92 Å². The molecule has 0 unspecified atom stereocenters. The second-order valence-electron chi connectivity index (χ2n) is 5.92. The van der Waals surface area contributed by atoms with Gasteiger partial charge < -0.3 is 9.26 Å². The van der Waals surface area contributed by atoms with Crippen molar-refractivity contribution in [1.82, 2.24) is 24.9 Å². The van der Waals surface area contributed by atoms with Gasteiger partial charge in [-0.1, -0.05) is 46.7 Å². The minimum absolute atomic E-state index is 0.459. The fraction of sp³-hybridized carbons (Fsp3) is 0.158. The third-order valence-corrected chi connectivity index (χ3v) is 5.43. The molecular formula is C19H16ClN5O2S. The summed E-state index contributed by atoms with van der Waals surface area (Å²) in [4.78, 5) is 4.46. The van der Waals surface area contributed by atoms with E-state index in [0.717, 1.165) is 16.8 Å². The van der Waals surface area contributed by atoms with Crippen molar-refractivity contribution in [2.75, 3.05) is 7.11 Å². The van der Waals surface area contributed by atoms with Gasteiger partial charge >= 0.3 is 0 Å². The summed E-state index contributed by atoms with van der Waals surface area (Å²) in [6.07, 6.45) is 1.65. The van der Waals surface area contributed by atoms with Crippen LogP contribution in [0.2, 0.25) is 5.02 Å². The molecule has 0 fully saturated rings. The van der Waals surface area contributed by atoms with Gasteiger partial charge in [0.25, 0.3) is 0 Å². The Morgan fingerprint density at radius 2 is 2.07 bits per heavy atom. The van der Waals surface area contributed by atoms with E-state index in [2.05, 4.69) is 20.3 Å². The average Bonchev–Trinajstić information content (AvgIpc) is 3.38. The minimum atomic E-state index is 0.459. The van der Waals surface area contributed by atoms with Crippen LogP contribution in [0.4, 0.5) is 0 Å². The predicted octanol–water partition coefficient (Wildman–Crippen LogP) is 4.58. The number of rotatable bonds is 6. The number of hydrogen-bond donors (Lipinski definition) is 0. The largest absolute Gasteiger partial charge is 0.496 e. The van der Waals surface area contributed by atoms with Crippen molar-refractivity contribution < 1.29 is 9.26 Å². The highest BCUT2D eigenvalue weighted by Crippen LogP contribution is 2.29. The molecule has 4 aromatic rings. The van der Waals surface area contributed by atoms with E-state index in [1.54, 1.807) is 13.4 Å². The number of para-hydroxylation sites is 1. The highest BCUT2D eigenvalue weighted by Gasteiger charge is 2.15. The third kappa shape index (κ3) is 3.74. The molecular weight excluding hydrogens is 398 g/mol. The summed E-state index contributed by atoms with van der Waals surface area (Å²) >= 11 is 7.69. The standard InChI is InChI=1S/C19H16ClN5O2S/c1-12-7-8-13(9-15(12)20)25-11-21-23-19(25)28-10-17-22-18(24-27-17)14-5-3-4-6-16(14)26-2/h3-9,11H,10H2,1-2H3. The van der Waals surface area contributed by atoms with Crippen LogP contribution in [0.1, 0.15) is 11.5 Å². The molecule has 9 heteroatoms. The van der Waals surface area contributed by atoms with E-state index in [0.29, 0.717) is 33.4 Å². The Balaban J connectivity index is 1.51. The topological polar surface area (TPSA) is 78.9 Å². The van der Waals surface area contributed by atoms with Gasteiger partial charge in [-0.3, -0.25) is 4.57 Å². The lowest BCUT2D eigenvalue weighted by atomic mass is 10.2. The monoisotopic (exact) mass is 413 g/mol. The maximum absolute atomic E-state index is 6.24. The lowest BCUT2D eigenvalue weighted by Gasteiger charge is -2.07. The number of methoxy groups -OCH3 is 1. The van der Waals surface area contributed by atoms with Crippen molar-refractivity contribution in [2.45, 2.75) is 17.8 Å². The van der Waals surface area contributed by atoms with Crippen LogP contribution in [-0.2, 0) is 5.75 Å². The van der Waals surface area contributed by atoms with E-state index >= 15 is 0 Å². The normalized spacial score (nSPS) is 11.0. The number of benzene rings is 2. The molecule has 0 bridgehead atoms. The lowest BCUT2D eigenvalue weighted by Crippen LogP contribution is -1.96. The zero-order chi connectivity index (χ0) is 19.5. The van der Waals surface area contributed by atoms with Crippen molar-refractivity contribution in [1.29, 1.82) is 0 Å². The molecule has 0 saturated carbocycles. The lowest BCUT2D eigenvalue weighted by molar-refractivity contribution is 0.390. The van der Waals surface area contributed by atoms with Crippen molar-refractivity contribution >= 4 is 23.4 Å². The molecule has 4 rings (SSSR count). The highest BCUT2D eigenvalue weighted by molar-refractivity contribution is 7.98. The molecule has 2 heterocycles. The van der Waals surface area contributed by atoms with Gasteiger partial charge in [0, 0.05) is 5.02 Å². The Bertz CT molecular complexity index is 1110. The summed E-state index contributed by atoms with van der Waals surface area (Å²) in [5.74, 6) is 2.13. The first-order valence-corrected chi connectivity index (χ1v) is 9.77. The highest BCUT2D eigenvalue weighted by atomic mass is 35.5. The van der Waals surface area contributed by atoms with Crippen LogP contribution in [0.5, 0.6) is 5.75 Å². The summed E-state index contributed by atoms with van der Waals surface area (Å²) in [6.45, 7) is 1.96. The quantitative estimate of drug-likeness (QED) is 0.428. The Kier molecular flexibility index (Phi) is 5.31. The Hall–Kier alpha value is -2.84. The van der Waals surface area contributed by atoms with E-state index in [1.807, 2.05) is 54.0 Å². The first-order chi connectivity index (χ1) is 13.7. The minimum Gasteiger partial charge on any atom is -0.496 e. The van der Waals surface area contributed by atoms with Crippen molar-refractivity contribution in [3.8, 4) is 22.8 Å². The summed E-state index contributed by atoms with van der Waals surface area (Å²) in [5.41, 5.74) is 2.69. The van der Waals surface area contributed by atoms with Gasteiger partial charge in [0.1, 0.15) is 12.1 Å². The van der Waals surface area contributed by atoms with Crippen LogP contribution in [0.15, 0.2) is 58.5 Å². The average molecular weight is 414 g/mol. The molecule has 7 nitrogen and oxygen atoms in total. The molecule has 28 heavy (non-hydrogen) atoms. The van der Waals surface area contributed by atoms with Crippen LogP contribution in [-0.4, -0.2) is 32.0 Å². The molecule has 0 saturated heterocycles. The summed E-state index contributed by atoms with van der Waals surface area (Å²) in [5, 5.41) is 13.6. The summed E-state index contributed by atoms with van der Waals surface area (Å²) in [6, 6.07) is 13.4. The maximum Gasteiger partial charge on any atom is 0.237 e. The van der Waals surface area contributed by atoms with Crippen molar-refractivity contribution in [3.05, 3.63) is 65.3 Å². The van der Waals surface area contributed by atoms with Crippen LogP contribution in [0.25, 0.3) is 17.1 Å². The molecule has 0 aliphatic carbocycles. The fourth-order valence-electron chi connectivity index (χ4n) is 2.61. The number of ether oxygens (including phenoxy) is 1. The molecule has 0 aliphatic rings. The maximum atomic E-state index is 6.24. The van der Waals surface area contributed by atoms with Gasteiger partial charge in [-0.05, 0) is 36.8 Å². The number of aryl methyl sites for hydroxylation is 1. The number of hydrogen-bond acceptors (Lipinski definition) is 7. The SMILES string of the molecule is COc1ccccc1-c1noc(CSc2nncn2-c2ccc(C)c(Cl)c2)n1. The Morgan fingerprint density at radius 3 is 2.89 bits per heavy atom. The van der Waals surface area contributed by atoms with Crippen LogP contribution >= 0.6 is 23.4 Å². The van der Waals surface area contributed by atoms with Crippen molar-refractivity contribution in [2.24, 2.45) is 0 Å². The first kappa shape index (κ1) is 18.5. The smallest absolute Gasteiger partial charge is 0.237 e. The van der Waals surface area contributed by atoms with Gasteiger partial charge in [-0.25, -0.2) is 0 Å². The molecule has 0 spiro atoms. The zero-order valence-corrected chi connectivity index (χ0v) is 16.7. The molecule has 0 N–H and O–H groups in total. The predicted molar refractivity (Wildman–Crippen MR) is 107 cm³/mol. The van der Waals surface area contributed by atoms with Gasteiger partial charge in [-0.2, -0.15) is 4.98 Å². The van der Waals surface area contributed by atoms with Gasteiger partial charge in [0.05, 0.1) is 24.1 Å². The molecule has 0 amide bonds. The first-order valence-electron chi connectivity index (χ1n) is 8.41. The van der Waals surface area contributed by atoms with E-state index in [4.69, 9.17) is 20.9 Å². The van der Waals surface area contributed by atoms with Crippen LogP contribution < -0.4 is 4.74 Å². The van der Waals surface area contributed by atoms with E-state index in [-0.39, 0.29) is 0 Å². The van der Waals surface area contributed by atoms with E-state index in [9.17, 15) is 0 Å². The molecule has 2 aromatic heterocycles. The van der Waals surface area contributed by atoms with Gasteiger partial charge in [0.2, 0.25) is 11.7 Å². The molecule has 142 valence electrons.